The molecule has 0 bridgehead atoms. The number of aldehydes is 1. The second kappa shape index (κ2) is 6.16. The monoisotopic (exact) mass is 213 g/mol. The van der Waals surface area contributed by atoms with E-state index >= 15 is 0 Å². The first kappa shape index (κ1) is 11.7. The van der Waals surface area contributed by atoms with Crippen LogP contribution in [0.15, 0.2) is 0 Å². The van der Waals surface area contributed by atoms with Gasteiger partial charge in [0.25, 0.3) is 0 Å². The lowest BCUT2D eigenvalue weighted by atomic mass is 10.3. The number of esters is 1. The molecule has 1 aliphatic carbocycles. The van der Waals surface area contributed by atoms with Crippen molar-refractivity contribution in [3.05, 3.63) is 0 Å². The van der Waals surface area contributed by atoms with Crippen LogP contribution in [-0.2, 0) is 19.1 Å². The van der Waals surface area contributed by atoms with Gasteiger partial charge in [-0.25, -0.2) is 0 Å². The first-order chi connectivity index (χ1) is 7.22. The van der Waals surface area contributed by atoms with Crippen LogP contribution in [0.1, 0.15) is 32.1 Å². The fourth-order valence-electron chi connectivity index (χ4n) is 1.04. The summed E-state index contributed by atoms with van der Waals surface area (Å²) in [6.45, 7) is 0.409. The van der Waals surface area contributed by atoms with Gasteiger partial charge in [-0.05, 0) is 19.3 Å². The predicted molar refractivity (Wildman–Crippen MR) is 52.0 cm³/mol. The number of ether oxygens (including phenoxy) is 1. The first-order valence-corrected chi connectivity index (χ1v) is 5.12. The van der Waals surface area contributed by atoms with Crippen LogP contribution < -0.4 is 5.32 Å². The van der Waals surface area contributed by atoms with Crippen molar-refractivity contribution >= 4 is 18.2 Å². The van der Waals surface area contributed by atoms with E-state index in [1.165, 1.54) is 0 Å². The van der Waals surface area contributed by atoms with Gasteiger partial charge in [-0.2, -0.15) is 0 Å². The molecule has 0 radical (unpaired) electrons. The Hall–Kier alpha value is -1.39. The van der Waals surface area contributed by atoms with Gasteiger partial charge in [0.15, 0.2) is 0 Å². The van der Waals surface area contributed by atoms with E-state index in [-0.39, 0.29) is 24.4 Å². The van der Waals surface area contributed by atoms with E-state index in [1.807, 2.05) is 0 Å². The third-order valence-electron chi connectivity index (χ3n) is 1.97. The van der Waals surface area contributed by atoms with Crippen LogP contribution in [0.2, 0.25) is 0 Å². The highest BCUT2D eigenvalue weighted by Crippen LogP contribution is 2.23. The smallest absolute Gasteiger partial charge is 0.306 e. The molecule has 5 heteroatoms. The van der Waals surface area contributed by atoms with Gasteiger partial charge in [0, 0.05) is 13.0 Å². The molecule has 1 N–H and O–H groups in total. The quantitative estimate of drug-likeness (QED) is 0.283. The summed E-state index contributed by atoms with van der Waals surface area (Å²) >= 11 is 0. The maximum atomic E-state index is 11.1. The molecule has 15 heavy (non-hydrogen) atoms. The van der Waals surface area contributed by atoms with Crippen molar-refractivity contribution in [2.45, 2.75) is 38.2 Å². The summed E-state index contributed by atoms with van der Waals surface area (Å²) in [7, 11) is 0. The van der Waals surface area contributed by atoms with Gasteiger partial charge >= 0.3 is 5.97 Å². The Labute approximate surface area is 88.2 Å². The Balaban J connectivity index is 1.93. The molecule has 0 aromatic rings. The summed E-state index contributed by atoms with van der Waals surface area (Å²) in [5.74, 6) is -0.511. The maximum absolute atomic E-state index is 11.1. The average Bonchev–Trinajstić information content (AvgIpc) is 2.97. The van der Waals surface area contributed by atoms with Gasteiger partial charge in [-0.1, -0.05) is 0 Å². The average molecular weight is 213 g/mol. The molecule has 0 aliphatic heterocycles. The summed E-state index contributed by atoms with van der Waals surface area (Å²) in [6.07, 6.45) is 3.39. The van der Waals surface area contributed by atoms with Gasteiger partial charge in [0.1, 0.15) is 12.4 Å². The molecule has 0 aromatic carbocycles. The molecule has 0 unspecified atom stereocenters. The fourth-order valence-corrected chi connectivity index (χ4v) is 1.04. The summed E-state index contributed by atoms with van der Waals surface area (Å²) in [5, 5.41) is 2.53. The van der Waals surface area contributed by atoms with Crippen molar-refractivity contribution < 1.29 is 19.1 Å². The molecule has 0 spiro atoms. The van der Waals surface area contributed by atoms with E-state index in [2.05, 4.69) is 5.32 Å². The number of nitrogens with one attached hydrogen (secondary N) is 1. The number of rotatable bonds is 7. The minimum absolute atomic E-state index is 0.119. The highest BCUT2D eigenvalue weighted by atomic mass is 16.5. The summed E-state index contributed by atoms with van der Waals surface area (Å²) < 4.78 is 5.01. The van der Waals surface area contributed by atoms with Gasteiger partial charge in [0.2, 0.25) is 5.91 Å². The van der Waals surface area contributed by atoms with E-state index in [0.717, 1.165) is 12.8 Å². The minimum Gasteiger partial charge on any atom is -0.462 e. The fraction of sp³-hybridized carbons (Fsp3) is 0.700. The normalized spacial score (nSPS) is 14.4. The number of hydrogen-bond donors (Lipinski definition) is 1. The molecule has 1 saturated carbocycles. The SMILES string of the molecule is O=CCC(=O)NCCCC(=O)OC1CC1. The van der Waals surface area contributed by atoms with E-state index in [9.17, 15) is 14.4 Å². The second-order valence-corrected chi connectivity index (χ2v) is 3.51. The Bertz CT molecular complexity index is 248. The van der Waals surface area contributed by atoms with Crippen molar-refractivity contribution in [1.29, 1.82) is 0 Å². The van der Waals surface area contributed by atoms with E-state index in [4.69, 9.17) is 4.74 Å². The third-order valence-corrected chi connectivity index (χ3v) is 1.97. The zero-order valence-electron chi connectivity index (χ0n) is 8.53. The van der Waals surface area contributed by atoms with Crippen LogP contribution in [0, 0.1) is 0 Å². The molecule has 5 nitrogen and oxygen atoms in total. The summed E-state index contributed by atoms with van der Waals surface area (Å²) in [4.78, 5) is 31.8. The predicted octanol–water partition coefficient (Wildman–Crippen LogP) is 0.177. The molecule has 0 atom stereocenters. The Morgan fingerprint density at radius 3 is 2.73 bits per heavy atom. The molecule has 0 heterocycles. The standard InChI is InChI=1S/C10H15NO4/c12-7-5-9(13)11-6-1-2-10(14)15-8-3-4-8/h7-8H,1-6H2,(H,11,13). The molecular formula is C10H15NO4. The largest absolute Gasteiger partial charge is 0.462 e. The number of hydrogen-bond acceptors (Lipinski definition) is 4. The minimum atomic E-state index is -0.305. The summed E-state index contributed by atoms with van der Waals surface area (Å²) in [5.41, 5.74) is 0. The number of amides is 1. The van der Waals surface area contributed by atoms with Crippen LogP contribution in [0.25, 0.3) is 0 Å². The molecule has 0 aromatic heterocycles. The van der Waals surface area contributed by atoms with E-state index in [1.54, 1.807) is 0 Å². The van der Waals surface area contributed by atoms with Gasteiger partial charge in [-0.3, -0.25) is 9.59 Å². The maximum Gasteiger partial charge on any atom is 0.306 e. The van der Waals surface area contributed by atoms with Crippen molar-refractivity contribution in [3.63, 3.8) is 0 Å². The molecular weight excluding hydrogens is 198 g/mol. The lowest BCUT2D eigenvalue weighted by molar-refractivity contribution is -0.145. The van der Waals surface area contributed by atoms with Crippen LogP contribution in [0.3, 0.4) is 0 Å². The second-order valence-electron chi connectivity index (χ2n) is 3.51. The van der Waals surface area contributed by atoms with Gasteiger partial charge < -0.3 is 14.8 Å². The molecule has 1 rings (SSSR count). The van der Waals surface area contributed by atoms with E-state index < -0.39 is 0 Å². The Morgan fingerprint density at radius 2 is 2.13 bits per heavy atom. The van der Waals surface area contributed by atoms with Crippen LogP contribution in [-0.4, -0.2) is 30.8 Å². The van der Waals surface area contributed by atoms with Crippen molar-refractivity contribution in [2.75, 3.05) is 6.54 Å². The number of carbonyl (C=O) groups excluding carboxylic acids is 3. The molecule has 1 fully saturated rings. The summed E-state index contributed by atoms with van der Waals surface area (Å²) in [6, 6.07) is 0. The highest BCUT2D eigenvalue weighted by Gasteiger charge is 2.25. The van der Waals surface area contributed by atoms with Crippen LogP contribution in [0.4, 0.5) is 0 Å². The lowest BCUT2D eigenvalue weighted by Gasteiger charge is -2.03. The lowest BCUT2D eigenvalue weighted by Crippen LogP contribution is -2.25. The van der Waals surface area contributed by atoms with E-state index in [0.29, 0.717) is 25.7 Å². The molecule has 1 aliphatic rings. The first-order valence-electron chi connectivity index (χ1n) is 5.12. The zero-order valence-corrected chi connectivity index (χ0v) is 8.53. The molecule has 0 saturated heterocycles. The van der Waals surface area contributed by atoms with Crippen molar-refractivity contribution in [1.82, 2.24) is 5.32 Å². The number of carbonyl (C=O) groups is 3. The van der Waals surface area contributed by atoms with Crippen molar-refractivity contribution in [2.24, 2.45) is 0 Å². The topological polar surface area (TPSA) is 72.5 Å². The molecule has 84 valence electrons. The highest BCUT2D eigenvalue weighted by molar-refractivity contribution is 5.87. The molecule has 1 amide bonds. The van der Waals surface area contributed by atoms with Gasteiger partial charge in [-0.15, -0.1) is 0 Å². The third kappa shape index (κ3) is 5.83. The zero-order chi connectivity index (χ0) is 11.1. The Morgan fingerprint density at radius 1 is 1.40 bits per heavy atom. The van der Waals surface area contributed by atoms with Crippen LogP contribution >= 0.6 is 0 Å². The van der Waals surface area contributed by atoms with Gasteiger partial charge in [0.05, 0.1) is 6.42 Å². The Kier molecular flexibility index (Phi) is 4.80. The van der Waals surface area contributed by atoms with Crippen molar-refractivity contribution in [3.8, 4) is 0 Å². The van der Waals surface area contributed by atoms with Crippen LogP contribution in [0.5, 0.6) is 0 Å².